The van der Waals surface area contributed by atoms with Crippen molar-refractivity contribution in [2.24, 2.45) is 0 Å². The smallest absolute Gasteiger partial charge is 0.346 e. The van der Waals surface area contributed by atoms with Gasteiger partial charge in [0.25, 0.3) is 11.8 Å². The number of carbonyl (C=O) groups excluding carboxylic acids is 2. The number of pyridine rings is 2. The highest BCUT2D eigenvalue weighted by Gasteiger charge is 2.60. The Balaban J connectivity index is 1.51. The predicted octanol–water partition coefficient (Wildman–Crippen LogP) is 4.50. The van der Waals surface area contributed by atoms with E-state index in [1.807, 2.05) is 0 Å². The van der Waals surface area contributed by atoms with Gasteiger partial charge in [-0.3, -0.25) is 19.5 Å². The van der Waals surface area contributed by atoms with Crippen molar-refractivity contribution in [3.8, 4) is 6.07 Å². The van der Waals surface area contributed by atoms with Gasteiger partial charge >= 0.3 is 6.18 Å². The van der Waals surface area contributed by atoms with E-state index in [0.29, 0.717) is 18.2 Å². The van der Waals surface area contributed by atoms with Crippen molar-refractivity contribution in [2.75, 3.05) is 9.80 Å². The van der Waals surface area contributed by atoms with Crippen molar-refractivity contribution in [3.63, 3.8) is 0 Å². The average molecular weight is 555 g/mol. The lowest BCUT2D eigenvalue weighted by Crippen LogP contribution is -2.55. The maximum absolute atomic E-state index is 15.8. The maximum atomic E-state index is 15.8. The van der Waals surface area contributed by atoms with Gasteiger partial charge in [0.2, 0.25) is 0 Å². The second kappa shape index (κ2) is 9.70. The van der Waals surface area contributed by atoms with E-state index in [1.165, 1.54) is 29.2 Å². The summed E-state index contributed by atoms with van der Waals surface area (Å²) in [5.74, 6) is -2.29. The molecule has 3 aromatic rings. The topological polar surface area (TPSA) is 102 Å². The molecule has 2 aromatic heterocycles. The third-order valence-corrected chi connectivity index (χ3v) is 7.12. The zero-order valence-electron chi connectivity index (χ0n) is 20.0. The van der Waals surface area contributed by atoms with Crippen LogP contribution in [0, 0.1) is 17.1 Å². The summed E-state index contributed by atoms with van der Waals surface area (Å²) >= 11 is 5.52. The van der Waals surface area contributed by atoms with E-state index in [-0.39, 0.29) is 41.4 Å². The van der Waals surface area contributed by atoms with Crippen molar-refractivity contribution in [1.82, 2.24) is 15.3 Å². The first-order chi connectivity index (χ1) is 18.6. The van der Waals surface area contributed by atoms with Crippen molar-refractivity contribution in [2.45, 2.75) is 37.5 Å². The van der Waals surface area contributed by atoms with Gasteiger partial charge in [-0.05, 0) is 61.8 Å². The molecule has 1 N–H and O–H groups in total. The van der Waals surface area contributed by atoms with Crippen LogP contribution in [0.2, 0.25) is 0 Å². The van der Waals surface area contributed by atoms with Crippen molar-refractivity contribution in [3.05, 3.63) is 83.2 Å². The Morgan fingerprint density at radius 2 is 1.95 bits per heavy atom. The number of anilines is 2. The molecule has 1 saturated heterocycles. The van der Waals surface area contributed by atoms with Gasteiger partial charge < -0.3 is 10.2 Å². The molecule has 2 fully saturated rings. The molecule has 0 radical (unpaired) electrons. The molecule has 198 valence electrons. The number of halogens is 4. The minimum atomic E-state index is -4.91. The first kappa shape index (κ1) is 26.2. The first-order valence-electron chi connectivity index (χ1n) is 11.7. The molecule has 1 aliphatic carbocycles. The molecule has 1 spiro atoms. The lowest BCUT2D eigenvalue weighted by atomic mass is 9.75. The Morgan fingerprint density at radius 1 is 1.18 bits per heavy atom. The molecule has 13 heteroatoms. The van der Waals surface area contributed by atoms with E-state index < -0.39 is 40.6 Å². The molecule has 5 rings (SSSR count). The van der Waals surface area contributed by atoms with Gasteiger partial charge in [-0.25, -0.2) is 9.37 Å². The summed E-state index contributed by atoms with van der Waals surface area (Å²) in [6, 6.07) is 11.2. The van der Waals surface area contributed by atoms with Crippen molar-refractivity contribution < 1.29 is 27.2 Å². The fourth-order valence-electron chi connectivity index (χ4n) is 4.70. The number of hydrogen-bond donors (Lipinski definition) is 1. The number of amides is 2. The van der Waals surface area contributed by atoms with E-state index in [4.69, 9.17) is 17.5 Å². The number of alkyl halides is 3. The predicted molar refractivity (Wildman–Crippen MR) is 135 cm³/mol. The Hall–Kier alpha value is -4.44. The maximum Gasteiger partial charge on any atom is 0.419 e. The number of nitrogens with zero attached hydrogens (tertiary/aromatic N) is 5. The molecule has 2 aliphatic rings. The second-order valence-corrected chi connectivity index (χ2v) is 9.35. The van der Waals surface area contributed by atoms with Gasteiger partial charge in [0, 0.05) is 6.20 Å². The summed E-state index contributed by atoms with van der Waals surface area (Å²) < 4.78 is 56.6. The summed E-state index contributed by atoms with van der Waals surface area (Å²) in [6.45, 7) is 0.0505. The number of hydrogen-bond acceptors (Lipinski definition) is 6. The van der Waals surface area contributed by atoms with E-state index in [0.717, 1.165) is 11.1 Å². The Kier molecular flexibility index (Phi) is 6.51. The lowest BCUT2D eigenvalue weighted by Gasteiger charge is -2.43. The summed E-state index contributed by atoms with van der Waals surface area (Å²) in [5, 5.41) is 11.4. The minimum absolute atomic E-state index is 0.0505. The van der Waals surface area contributed by atoms with E-state index in [1.54, 1.807) is 24.4 Å². The number of benzene rings is 1. The highest BCUT2D eigenvalue weighted by Crippen LogP contribution is 2.49. The molecule has 1 aromatic carbocycles. The summed E-state index contributed by atoms with van der Waals surface area (Å²) in [6.07, 6.45) is -1.26. The highest BCUT2D eigenvalue weighted by molar-refractivity contribution is 7.81. The molecule has 2 amide bonds. The Labute approximate surface area is 224 Å². The molecule has 3 heterocycles. The molecule has 1 aliphatic heterocycles. The molecule has 39 heavy (non-hydrogen) atoms. The van der Waals surface area contributed by atoms with Crippen LogP contribution in [0.5, 0.6) is 0 Å². The third kappa shape index (κ3) is 4.36. The molecule has 0 atom stereocenters. The Morgan fingerprint density at radius 3 is 2.56 bits per heavy atom. The van der Waals surface area contributed by atoms with Crippen molar-refractivity contribution >= 4 is 40.5 Å². The average Bonchev–Trinajstić information content (AvgIpc) is 3.13. The van der Waals surface area contributed by atoms with Gasteiger partial charge in [-0.15, -0.1) is 0 Å². The number of nitrogens with one attached hydrogen (secondary N) is 1. The van der Waals surface area contributed by atoms with E-state index in [9.17, 15) is 22.8 Å². The molecular weight excluding hydrogens is 536 g/mol. The molecule has 0 unspecified atom stereocenters. The SMILES string of the molecule is N#Cc1ncc(N2C(=O)C3(CCC3)N(c3cccc(C(=O)NCc4ccccn4)c3F)C2=S)cc1C(F)(F)F. The third-order valence-electron chi connectivity index (χ3n) is 6.76. The monoisotopic (exact) mass is 554 g/mol. The van der Waals surface area contributed by atoms with Gasteiger partial charge in [0.15, 0.2) is 16.6 Å². The Bertz CT molecular complexity index is 1540. The zero-order chi connectivity index (χ0) is 27.9. The zero-order valence-corrected chi connectivity index (χ0v) is 20.8. The molecule has 8 nitrogen and oxygen atoms in total. The van der Waals surface area contributed by atoms with Crippen LogP contribution in [-0.4, -0.2) is 32.4 Å². The fraction of sp³-hybridized carbons (Fsp3) is 0.231. The van der Waals surface area contributed by atoms with Gasteiger partial charge in [-0.2, -0.15) is 18.4 Å². The van der Waals surface area contributed by atoms with Crippen LogP contribution in [0.3, 0.4) is 0 Å². The standard InChI is InChI=1S/C26H18F4N6O2S/c27-21-17(22(37)34-13-15-5-1-2-10-32-15)6-3-7-20(21)36-24(39)35(23(38)25(36)8-4-9-25)16-11-18(26(28,29)30)19(12-31)33-14-16/h1-3,5-7,10-11,14H,4,8-9,13H2,(H,34,37). The number of thiocarbonyl (C=S) groups is 1. The van der Waals surface area contributed by atoms with E-state index >= 15 is 4.39 Å². The molecular formula is C26H18F4N6O2S. The lowest BCUT2D eigenvalue weighted by molar-refractivity contribution is -0.138. The van der Waals surface area contributed by atoms with Crippen LogP contribution in [-0.2, 0) is 17.5 Å². The molecule has 0 bridgehead atoms. The minimum Gasteiger partial charge on any atom is -0.346 e. The quantitative estimate of drug-likeness (QED) is 0.366. The summed E-state index contributed by atoms with van der Waals surface area (Å²) in [7, 11) is 0. The van der Waals surface area contributed by atoms with Crippen LogP contribution < -0.4 is 15.1 Å². The number of nitriles is 1. The summed E-state index contributed by atoms with van der Waals surface area (Å²) in [4.78, 5) is 36.3. The van der Waals surface area contributed by atoms with Crippen LogP contribution in [0.25, 0.3) is 0 Å². The normalized spacial score (nSPS) is 16.3. The van der Waals surface area contributed by atoms with Crippen LogP contribution in [0.15, 0.2) is 54.9 Å². The van der Waals surface area contributed by atoms with Gasteiger partial charge in [0.05, 0.1) is 40.9 Å². The fourth-order valence-corrected chi connectivity index (χ4v) is 5.16. The first-order valence-corrected chi connectivity index (χ1v) is 12.1. The van der Waals surface area contributed by atoms with Crippen molar-refractivity contribution in [1.29, 1.82) is 5.26 Å². The van der Waals surface area contributed by atoms with E-state index in [2.05, 4.69) is 15.3 Å². The van der Waals surface area contributed by atoms with Crippen LogP contribution in [0.4, 0.5) is 28.9 Å². The second-order valence-electron chi connectivity index (χ2n) is 8.99. The molecule has 1 saturated carbocycles. The summed E-state index contributed by atoms with van der Waals surface area (Å²) in [5.41, 5.74) is -3.69. The number of carbonyl (C=O) groups is 2. The number of aromatic nitrogens is 2. The largest absolute Gasteiger partial charge is 0.419 e. The van der Waals surface area contributed by atoms with Crippen LogP contribution in [0.1, 0.15) is 46.6 Å². The highest BCUT2D eigenvalue weighted by atomic mass is 32.1. The number of rotatable bonds is 5. The van der Waals surface area contributed by atoms with Crippen LogP contribution >= 0.6 is 12.2 Å². The van der Waals surface area contributed by atoms with Gasteiger partial charge in [-0.1, -0.05) is 12.1 Å². The van der Waals surface area contributed by atoms with Gasteiger partial charge in [0.1, 0.15) is 11.6 Å².